The number of nitrogens with zero attached hydrogens (tertiary/aromatic N) is 2. The number of halogens is 2. The first kappa shape index (κ1) is 26.3. The smallest absolute Gasteiger partial charge is 0.135 e. The van der Waals surface area contributed by atoms with E-state index in [2.05, 4.69) is 9.98 Å². The van der Waals surface area contributed by atoms with Gasteiger partial charge < -0.3 is 15.9 Å². The molecule has 0 aliphatic heterocycles. The Balaban J connectivity index is 1.41. The number of hydrogen-bond donors (Lipinski definition) is 2. The number of hydrogen-bond acceptors (Lipinski definition) is 3. The van der Waals surface area contributed by atoms with Gasteiger partial charge in [0.2, 0.25) is 0 Å². The zero-order valence-corrected chi connectivity index (χ0v) is 22.5. The number of furan rings is 1. The van der Waals surface area contributed by atoms with Gasteiger partial charge in [-0.25, -0.2) is 0 Å². The second-order valence-corrected chi connectivity index (χ2v) is 9.78. The summed E-state index contributed by atoms with van der Waals surface area (Å²) in [4.78, 5) is 9.21. The molecule has 0 bridgehead atoms. The lowest BCUT2D eigenvalue weighted by molar-refractivity contribution is 0.597. The summed E-state index contributed by atoms with van der Waals surface area (Å²) >= 11 is 12.0. The lowest BCUT2D eigenvalue weighted by Crippen LogP contribution is -2.15. The zero-order chi connectivity index (χ0) is 27.2. The predicted molar refractivity (Wildman–Crippen MR) is 161 cm³/mol. The van der Waals surface area contributed by atoms with Gasteiger partial charge in [-0.2, -0.15) is 0 Å². The fourth-order valence-electron chi connectivity index (χ4n) is 4.17. The Morgan fingerprint density at radius 1 is 0.538 bits per heavy atom. The summed E-state index contributed by atoms with van der Waals surface area (Å²) in [6.07, 6.45) is 0. The van der Waals surface area contributed by atoms with Crippen LogP contribution >= 0.6 is 23.2 Å². The highest BCUT2D eigenvalue weighted by molar-refractivity contribution is 6.30. The van der Waals surface area contributed by atoms with Crippen molar-refractivity contribution in [2.75, 3.05) is 0 Å². The number of amidine groups is 2. The SMILES string of the molecule is NC(=NCc1ccc(Cl)cc1)c1ccccc1-c1ccc(-c2ccccc2C(N)=NCc2ccc(Cl)cc2)o1. The third-order valence-corrected chi connectivity index (χ3v) is 6.74. The van der Waals surface area contributed by atoms with Gasteiger partial charge in [-0.1, -0.05) is 96.0 Å². The van der Waals surface area contributed by atoms with Crippen molar-refractivity contribution >= 4 is 34.9 Å². The Labute approximate surface area is 237 Å². The van der Waals surface area contributed by atoms with E-state index in [-0.39, 0.29) is 0 Å². The molecule has 0 radical (unpaired) electrons. The molecule has 1 heterocycles. The van der Waals surface area contributed by atoms with Crippen molar-refractivity contribution in [2.24, 2.45) is 21.5 Å². The second-order valence-electron chi connectivity index (χ2n) is 8.91. The topological polar surface area (TPSA) is 89.9 Å². The molecule has 5 nitrogen and oxygen atoms in total. The van der Waals surface area contributed by atoms with Gasteiger partial charge in [0.25, 0.3) is 0 Å². The third-order valence-electron chi connectivity index (χ3n) is 6.23. The minimum atomic E-state index is 0.428. The second kappa shape index (κ2) is 12.0. The van der Waals surface area contributed by atoms with E-state index in [1.807, 2.05) is 109 Å². The Morgan fingerprint density at radius 2 is 0.923 bits per heavy atom. The maximum Gasteiger partial charge on any atom is 0.135 e. The Hall–Kier alpha value is -4.32. The van der Waals surface area contributed by atoms with Crippen LogP contribution in [0, 0.1) is 0 Å². The molecule has 39 heavy (non-hydrogen) atoms. The average molecular weight is 553 g/mol. The normalized spacial score (nSPS) is 12.1. The molecule has 1 aromatic heterocycles. The van der Waals surface area contributed by atoms with Gasteiger partial charge in [0.1, 0.15) is 23.2 Å². The van der Waals surface area contributed by atoms with Gasteiger partial charge in [0.05, 0.1) is 13.1 Å². The maximum atomic E-state index is 6.42. The molecule has 0 atom stereocenters. The van der Waals surface area contributed by atoms with E-state index < -0.39 is 0 Å². The van der Waals surface area contributed by atoms with Crippen LogP contribution in [0.4, 0.5) is 0 Å². The van der Waals surface area contributed by atoms with Gasteiger partial charge >= 0.3 is 0 Å². The van der Waals surface area contributed by atoms with Crippen molar-refractivity contribution in [2.45, 2.75) is 13.1 Å². The van der Waals surface area contributed by atoms with Crippen LogP contribution in [0.1, 0.15) is 22.3 Å². The molecule has 0 fully saturated rings. The summed E-state index contributed by atoms with van der Waals surface area (Å²) in [5.41, 5.74) is 18.2. The van der Waals surface area contributed by atoms with Crippen LogP contribution in [-0.2, 0) is 13.1 Å². The van der Waals surface area contributed by atoms with Crippen LogP contribution in [0.25, 0.3) is 22.6 Å². The monoisotopic (exact) mass is 552 g/mol. The van der Waals surface area contributed by atoms with Crippen LogP contribution < -0.4 is 11.5 Å². The van der Waals surface area contributed by atoms with Crippen molar-refractivity contribution in [3.63, 3.8) is 0 Å². The van der Waals surface area contributed by atoms with Crippen LogP contribution in [0.5, 0.6) is 0 Å². The van der Waals surface area contributed by atoms with Crippen LogP contribution in [0.2, 0.25) is 10.0 Å². The lowest BCUT2D eigenvalue weighted by Gasteiger charge is -2.09. The first-order chi connectivity index (χ1) is 19.0. The highest BCUT2D eigenvalue weighted by Crippen LogP contribution is 2.32. The van der Waals surface area contributed by atoms with E-state index in [0.717, 1.165) is 33.4 Å². The molecule has 0 amide bonds. The zero-order valence-electron chi connectivity index (χ0n) is 21.0. The van der Waals surface area contributed by atoms with E-state index in [1.165, 1.54) is 0 Å². The molecule has 4 N–H and O–H groups in total. The molecule has 0 unspecified atom stereocenters. The number of rotatable bonds is 8. The van der Waals surface area contributed by atoms with Crippen LogP contribution in [0.15, 0.2) is 124 Å². The summed E-state index contributed by atoms with van der Waals surface area (Å²) < 4.78 is 6.34. The number of nitrogens with two attached hydrogens (primary N) is 2. The van der Waals surface area contributed by atoms with Crippen LogP contribution in [-0.4, -0.2) is 11.7 Å². The molecule has 0 saturated heterocycles. The predicted octanol–water partition coefficient (Wildman–Crippen LogP) is 7.73. The van der Waals surface area contributed by atoms with E-state index in [9.17, 15) is 0 Å². The Morgan fingerprint density at radius 3 is 1.33 bits per heavy atom. The molecule has 0 saturated carbocycles. The van der Waals surface area contributed by atoms with Gasteiger partial charge in [-0.3, -0.25) is 9.98 Å². The minimum Gasteiger partial charge on any atom is -0.456 e. The molecular formula is C32H26Cl2N4O. The Kier molecular flexibility index (Phi) is 8.11. The number of aliphatic imine (C=N–C) groups is 2. The molecule has 5 aromatic rings. The molecule has 194 valence electrons. The quantitative estimate of drug-likeness (QED) is 0.152. The van der Waals surface area contributed by atoms with Crippen molar-refractivity contribution < 1.29 is 4.42 Å². The minimum absolute atomic E-state index is 0.428. The molecule has 5 rings (SSSR count). The summed E-state index contributed by atoms with van der Waals surface area (Å²) in [5.74, 6) is 2.21. The molecule has 4 aromatic carbocycles. The molecule has 0 aliphatic rings. The van der Waals surface area contributed by atoms with E-state index in [1.54, 1.807) is 0 Å². The molecule has 0 spiro atoms. The summed E-state index contributed by atoms with van der Waals surface area (Å²) in [7, 11) is 0. The van der Waals surface area contributed by atoms with E-state index in [4.69, 9.17) is 39.1 Å². The summed E-state index contributed by atoms with van der Waals surface area (Å²) in [6, 6.07) is 34.5. The molecule has 7 heteroatoms. The van der Waals surface area contributed by atoms with Crippen molar-refractivity contribution in [3.8, 4) is 22.6 Å². The number of benzene rings is 4. The summed E-state index contributed by atoms with van der Waals surface area (Å²) in [6.45, 7) is 0.894. The first-order valence-electron chi connectivity index (χ1n) is 12.4. The highest BCUT2D eigenvalue weighted by atomic mass is 35.5. The fraction of sp³-hybridized carbons (Fsp3) is 0.0625. The van der Waals surface area contributed by atoms with Crippen molar-refractivity contribution in [3.05, 3.63) is 141 Å². The summed E-state index contributed by atoms with van der Waals surface area (Å²) in [5, 5.41) is 1.37. The third kappa shape index (κ3) is 6.40. The van der Waals surface area contributed by atoms with Gasteiger partial charge in [0, 0.05) is 32.3 Å². The van der Waals surface area contributed by atoms with E-state index >= 15 is 0 Å². The molecule has 0 aliphatic carbocycles. The highest BCUT2D eigenvalue weighted by Gasteiger charge is 2.15. The van der Waals surface area contributed by atoms with Crippen molar-refractivity contribution in [1.82, 2.24) is 0 Å². The van der Waals surface area contributed by atoms with Gasteiger partial charge in [-0.05, 0) is 47.5 Å². The molecular weight excluding hydrogens is 527 g/mol. The Bertz CT molecular complexity index is 1520. The fourth-order valence-corrected chi connectivity index (χ4v) is 4.42. The van der Waals surface area contributed by atoms with E-state index in [0.29, 0.717) is 46.3 Å². The maximum absolute atomic E-state index is 6.42. The lowest BCUT2D eigenvalue weighted by atomic mass is 10.0. The van der Waals surface area contributed by atoms with Gasteiger partial charge in [0.15, 0.2) is 0 Å². The largest absolute Gasteiger partial charge is 0.456 e. The van der Waals surface area contributed by atoms with Crippen LogP contribution in [0.3, 0.4) is 0 Å². The average Bonchev–Trinajstić information content (AvgIpc) is 3.46. The van der Waals surface area contributed by atoms with Gasteiger partial charge in [-0.15, -0.1) is 0 Å². The first-order valence-corrected chi connectivity index (χ1v) is 13.1. The standard InChI is InChI=1S/C32H26Cl2N4O/c33-23-13-9-21(10-14-23)19-37-31(35)27-7-3-1-5-25(27)29-17-18-30(39-29)26-6-2-4-8-28(26)32(36)38-20-22-11-15-24(34)16-12-22/h1-18H,19-20H2,(H2,35,37)(H2,36,38). The van der Waals surface area contributed by atoms with Crippen molar-refractivity contribution in [1.29, 1.82) is 0 Å².